The van der Waals surface area contributed by atoms with E-state index in [9.17, 15) is 12.8 Å². The van der Waals surface area contributed by atoms with Gasteiger partial charge in [-0.05, 0) is 37.0 Å². The normalized spacial score (nSPS) is 23.2. The zero-order chi connectivity index (χ0) is 14.8. The average molecular weight is 295 g/mol. The minimum atomic E-state index is -3.37. The van der Waals surface area contributed by atoms with Crippen LogP contribution in [-0.2, 0) is 15.6 Å². The van der Waals surface area contributed by atoms with E-state index in [-0.39, 0.29) is 22.1 Å². The van der Waals surface area contributed by atoms with E-state index in [1.54, 1.807) is 0 Å². The summed E-state index contributed by atoms with van der Waals surface area (Å²) in [5.41, 5.74) is 0.385. The third kappa shape index (κ3) is 3.37. The van der Waals surface area contributed by atoms with Crippen LogP contribution in [0.15, 0.2) is 18.2 Å². The van der Waals surface area contributed by atoms with E-state index in [0.717, 1.165) is 18.9 Å². The van der Waals surface area contributed by atoms with Crippen molar-refractivity contribution in [3.63, 3.8) is 0 Å². The van der Waals surface area contributed by atoms with Gasteiger partial charge in [-0.25, -0.2) is 12.8 Å². The molecule has 2 unspecified atom stereocenters. The Hall–Kier alpha value is -1.41. The highest BCUT2D eigenvalue weighted by Crippen LogP contribution is 2.30. The molecule has 0 heterocycles. The van der Waals surface area contributed by atoms with E-state index < -0.39 is 15.7 Å². The zero-order valence-corrected chi connectivity index (χ0v) is 12.3. The van der Waals surface area contributed by atoms with E-state index in [4.69, 9.17) is 5.26 Å². The quantitative estimate of drug-likeness (QED) is 0.860. The molecular formula is C15H18FNO2S. The maximum Gasteiger partial charge on any atom is 0.157 e. The molecule has 1 aliphatic carbocycles. The molecule has 1 aromatic rings. The molecule has 1 aromatic carbocycles. The number of rotatable bonds is 3. The number of hydrogen-bond acceptors (Lipinski definition) is 3. The third-order valence-corrected chi connectivity index (χ3v) is 6.08. The first-order chi connectivity index (χ1) is 9.42. The lowest BCUT2D eigenvalue weighted by Crippen LogP contribution is -2.28. The van der Waals surface area contributed by atoms with Crippen LogP contribution in [0.2, 0.25) is 0 Å². The number of benzene rings is 1. The van der Waals surface area contributed by atoms with Crippen LogP contribution in [0, 0.1) is 23.1 Å². The molecule has 0 amide bonds. The fourth-order valence-electron chi connectivity index (χ4n) is 2.79. The summed E-state index contributed by atoms with van der Waals surface area (Å²) in [7, 11) is -3.37. The average Bonchev–Trinajstić information content (AvgIpc) is 2.41. The first kappa shape index (κ1) is 15.0. The summed E-state index contributed by atoms with van der Waals surface area (Å²) >= 11 is 0. The van der Waals surface area contributed by atoms with Gasteiger partial charge in [0, 0.05) is 5.56 Å². The lowest BCUT2D eigenvalue weighted by Gasteiger charge is -2.26. The Kier molecular flexibility index (Phi) is 4.44. The summed E-state index contributed by atoms with van der Waals surface area (Å²) in [6, 6.07) is 5.75. The summed E-state index contributed by atoms with van der Waals surface area (Å²) < 4.78 is 38.5. The van der Waals surface area contributed by atoms with Crippen LogP contribution in [0.25, 0.3) is 0 Å². The van der Waals surface area contributed by atoms with Gasteiger partial charge in [-0.15, -0.1) is 0 Å². The van der Waals surface area contributed by atoms with Crippen molar-refractivity contribution in [2.75, 3.05) is 0 Å². The summed E-state index contributed by atoms with van der Waals surface area (Å²) in [5.74, 6) is -0.471. The monoisotopic (exact) mass is 295 g/mol. The molecule has 20 heavy (non-hydrogen) atoms. The Morgan fingerprint density at radius 2 is 2.15 bits per heavy atom. The predicted octanol–water partition coefficient (Wildman–Crippen LogP) is 3.19. The second-order valence-corrected chi connectivity index (χ2v) is 7.90. The summed E-state index contributed by atoms with van der Waals surface area (Å²) in [6.07, 6.45) is 3.28. The Labute approximate surface area is 119 Å². The van der Waals surface area contributed by atoms with Crippen LogP contribution >= 0.6 is 0 Å². The predicted molar refractivity (Wildman–Crippen MR) is 75.2 cm³/mol. The van der Waals surface area contributed by atoms with Crippen LogP contribution in [-0.4, -0.2) is 13.7 Å². The number of nitrogens with zero attached hydrogens (tertiary/aromatic N) is 1. The molecule has 0 N–H and O–H groups in total. The fraction of sp³-hybridized carbons (Fsp3) is 0.533. The van der Waals surface area contributed by atoms with Crippen LogP contribution < -0.4 is 0 Å². The van der Waals surface area contributed by atoms with Crippen molar-refractivity contribution in [2.45, 2.75) is 43.6 Å². The number of nitriles is 1. The van der Waals surface area contributed by atoms with Gasteiger partial charge in [0.15, 0.2) is 9.84 Å². The lowest BCUT2D eigenvalue weighted by molar-refractivity contribution is 0.381. The van der Waals surface area contributed by atoms with Crippen molar-refractivity contribution < 1.29 is 12.8 Å². The molecule has 0 radical (unpaired) electrons. The maximum atomic E-state index is 13.7. The topological polar surface area (TPSA) is 57.9 Å². The van der Waals surface area contributed by atoms with Gasteiger partial charge in [-0.1, -0.05) is 19.8 Å². The summed E-state index contributed by atoms with van der Waals surface area (Å²) in [5, 5.41) is 8.43. The molecule has 5 heteroatoms. The minimum absolute atomic E-state index is 0.0993. The Bertz CT molecular complexity index is 634. The van der Waals surface area contributed by atoms with Gasteiger partial charge >= 0.3 is 0 Å². The van der Waals surface area contributed by atoms with Crippen molar-refractivity contribution in [1.82, 2.24) is 0 Å². The highest BCUT2D eigenvalue weighted by atomic mass is 32.2. The Balaban J connectivity index is 2.22. The molecule has 0 spiro atoms. The second kappa shape index (κ2) is 5.92. The van der Waals surface area contributed by atoms with Gasteiger partial charge in [-0.2, -0.15) is 5.26 Å². The molecule has 1 saturated carbocycles. The Morgan fingerprint density at radius 3 is 2.80 bits per heavy atom. The number of hydrogen-bond donors (Lipinski definition) is 0. The first-order valence-corrected chi connectivity index (χ1v) is 8.54. The zero-order valence-electron chi connectivity index (χ0n) is 11.5. The van der Waals surface area contributed by atoms with Crippen molar-refractivity contribution in [2.24, 2.45) is 5.92 Å². The highest BCUT2D eigenvalue weighted by Gasteiger charge is 2.30. The number of halogens is 1. The molecule has 2 atom stereocenters. The largest absolute Gasteiger partial charge is 0.228 e. The number of sulfone groups is 1. The van der Waals surface area contributed by atoms with Gasteiger partial charge in [0.1, 0.15) is 5.82 Å². The summed E-state index contributed by atoms with van der Waals surface area (Å²) in [4.78, 5) is 0. The highest BCUT2D eigenvalue weighted by molar-refractivity contribution is 7.91. The molecular weight excluding hydrogens is 277 g/mol. The molecule has 3 nitrogen and oxygen atoms in total. The first-order valence-electron chi connectivity index (χ1n) is 6.82. The van der Waals surface area contributed by atoms with Crippen LogP contribution in [0.5, 0.6) is 0 Å². The van der Waals surface area contributed by atoms with Crippen molar-refractivity contribution >= 4 is 9.84 Å². The smallest absolute Gasteiger partial charge is 0.157 e. The standard InChI is InChI=1S/C15H18FNO2S/c1-11-3-2-4-14(7-11)20(18,19)10-13-8-12(9-17)5-6-15(13)16/h5-6,8,11,14H,2-4,7,10H2,1H3. The molecule has 0 bridgehead atoms. The lowest BCUT2D eigenvalue weighted by atomic mass is 9.91. The summed E-state index contributed by atoms with van der Waals surface area (Å²) in [6.45, 7) is 2.05. The third-order valence-electron chi connectivity index (χ3n) is 3.93. The van der Waals surface area contributed by atoms with E-state index in [1.165, 1.54) is 12.1 Å². The fourth-order valence-corrected chi connectivity index (χ4v) is 4.83. The second-order valence-electron chi connectivity index (χ2n) is 5.62. The maximum absolute atomic E-state index is 13.7. The van der Waals surface area contributed by atoms with Crippen LogP contribution in [0.4, 0.5) is 4.39 Å². The van der Waals surface area contributed by atoms with Crippen LogP contribution in [0.1, 0.15) is 43.7 Å². The Morgan fingerprint density at radius 1 is 1.40 bits per heavy atom. The van der Waals surface area contributed by atoms with E-state index in [1.807, 2.05) is 6.07 Å². The van der Waals surface area contributed by atoms with Crippen molar-refractivity contribution in [3.05, 3.63) is 35.1 Å². The molecule has 0 aliphatic heterocycles. The molecule has 1 fully saturated rings. The van der Waals surface area contributed by atoms with E-state index in [0.29, 0.717) is 18.8 Å². The SMILES string of the molecule is CC1CCCC(S(=O)(=O)Cc2cc(C#N)ccc2F)C1. The van der Waals surface area contributed by atoms with Crippen LogP contribution in [0.3, 0.4) is 0 Å². The van der Waals surface area contributed by atoms with Gasteiger partial charge in [0.25, 0.3) is 0 Å². The molecule has 1 aliphatic rings. The van der Waals surface area contributed by atoms with Gasteiger partial charge in [0.05, 0.1) is 22.6 Å². The van der Waals surface area contributed by atoms with Crippen molar-refractivity contribution in [1.29, 1.82) is 5.26 Å². The van der Waals surface area contributed by atoms with Gasteiger partial charge < -0.3 is 0 Å². The van der Waals surface area contributed by atoms with Gasteiger partial charge in [0.2, 0.25) is 0 Å². The molecule has 0 aromatic heterocycles. The van der Waals surface area contributed by atoms with E-state index >= 15 is 0 Å². The minimum Gasteiger partial charge on any atom is -0.228 e. The molecule has 2 rings (SSSR count). The van der Waals surface area contributed by atoms with Crippen molar-refractivity contribution in [3.8, 4) is 6.07 Å². The molecule has 0 saturated heterocycles. The molecule has 108 valence electrons. The van der Waals surface area contributed by atoms with E-state index in [2.05, 4.69) is 6.92 Å². The van der Waals surface area contributed by atoms with Gasteiger partial charge in [-0.3, -0.25) is 0 Å².